The van der Waals surface area contributed by atoms with Crippen molar-refractivity contribution in [3.8, 4) is 0 Å². The third kappa shape index (κ3) is 1.01. The van der Waals surface area contributed by atoms with Gasteiger partial charge in [0.2, 0.25) is 0 Å². The average molecular weight is 192 g/mol. The van der Waals surface area contributed by atoms with E-state index in [1.54, 1.807) is 7.11 Å². The molecule has 3 aliphatic rings. The van der Waals surface area contributed by atoms with Crippen LogP contribution >= 0.6 is 0 Å². The highest BCUT2D eigenvalue weighted by molar-refractivity contribution is 5.39. The molecular formula is C12H16O2. The zero-order valence-electron chi connectivity index (χ0n) is 8.53. The van der Waals surface area contributed by atoms with Gasteiger partial charge < -0.3 is 9.47 Å². The fraction of sp³-hybridized carbons (Fsp3) is 0.667. The van der Waals surface area contributed by atoms with Crippen LogP contribution in [0.3, 0.4) is 0 Å². The number of rotatable bonds is 4. The van der Waals surface area contributed by atoms with Crippen molar-refractivity contribution < 1.29 is 9.47 Å². The minimum absolute atomic E-state index is 0.591. The Kier molecular flexibility index (Phi) is 1.75. The molecular weight excluding hydrogens is 176 g/mol. The van der Waals surface area contributed by atoms with Crippen LogP contribution in [0.1, 0.15) is 12.8 Å². The lowest BCUT2D eigenvalue weighted by Crippen LogP contribution is -2.12. The van der Waals surface area contributed by atoms with E-state index < -0.39 is 0 Å². The molecule has 3 unspecified atom stereocenters. The van der Waals surface area contributed by atoms with Crippen LogP contribution in [0.25, 0.3) is 0 Å². The minimum atomic E-state index is 0.591. The van der Waals surface area contributed by atoms with Crippen LogP contribution in [-0.2, 0) is 9.47 Å². The summed E-state index contributed by atoms with van der Waals surface area (Å²) in [6, 6.07) is 0. The molecule has 2 heteroatoms. The summed E-state index contributed by atoms with van der Waals surface area (Å²) in [6.07, 6.45) is 9.63. The number of allylic oxidation sites excluding steroid dienone is 3. The number of ether oxygens (including phenoxy) is 2. The van der Waals surface area contributed by atoms with Crippen molar-refractivity contribution in [1.29, 1.82) is 0 Å². The van der Waals surface area contributed by atoms with Gasteiger partial charge in [-0.25, -0.2) is 0 Å². The molecule has 0 aromatic rings. The predicted octanol–water partition coefficient (Wildman–Crippen LogP) is 2.13. The molecule has 2 saturated carbocycles. The zero-order valence-corrected chi connectivity index (χ0v) is 8.53. The molecule has 0 heterocycles. The maximum Gasteiger partial charge on any atom is 0.115 e. The lowest BCUT2D eigenvalue weighted by Gasteiger charge is -2.22. The summed E-state index contributed by atoms with van der Waals surface area (Å²) in [5, 5.41) is 0. The first kappa shape index (κ1) is 8.54. The summed E-state index contributed by atoms with van der Waals surface area (Å²) in [4.78, 5) is 0. The van der Waals surface area contributed by atoms with E-state index in [1.165, 1.54) is 12.8 Å². The number of hydrogen-bond acceptors (Lipinski definition) is 2. The quantitative estimate of drug-likeness (QED) is 0.635. The van der Waals surface area contributed by atoms with E-state index in [0.29, 0.717) is 18.6 Å². The molecule has 3 rings (SSSR count). The lowest BCUT2D eigenvalue weighted by molar-refractivity contribution is 0.113. The van der Waals surface area contributed by atoms with Crippen LogP contribution in [0.15, 0.2) is 24.0 Å². The topological polar surface area (TPSA) is 18.5 Å². The van der Waals surface area contributed by atoms with Gasteiger partial charge in [0.15, 0.2) is 0 Å². The van der Waals surface area contributed by atoms with Gasteiger partial charge in [-0.1, -0.05) is 6.08 Å². The van der Waals surface area contributed by atoms with Gasteiger partial charge in [-0.2, -0.15) is 0 Å². The van der Waals surface area contributed by atoms with Crippen LogP contribution in [0, 0.1) is 17.3 Å². The summed E-state index contributed by atoms with van der Waals surface area (Å²) < 4.78 is 10.5. The van der Waals surface area contributed by atoms with Gasteiger partial charge in [0.1, 0.15) is 12.4 Å². The van der Waals surface area contributed by atoms with Crippen molar-refractivity contribution in [2.75, 3.05) is 20.3 Å². The van der Waals surface area contributed by atoms with E-state index in [2.05, 4.69) is 18.2 Å². The third-order valence-electron chi connectivity index (χ3n) is 3.98. The van der Waals surface area contributed by atoms with Gasteiger partial charge in [0.25, 0.3) is 0 Å². The average Bonchev–Trinajstić information content (AvgIpc) is 2.62. The number of hydrogen-bond donors (Lipinski definition) is 0. The molecule has 0 radical (unpaired) electrons. The molecule has 0 aliphatic heterocycles. The Bertz CT molecular complexity index is 305. The smallest absolute Gasteiger partial charge is 0.115 e. The van der Waals surface area contributed by atoms with Crippen LogP contribution in [0.4, 0.5) is 0 Å². The van der Waals surface area contributed by atoms with Gasteiger partial charge in [-0.3, -0.25) is 0 Å². The maximum atomic E-state index is 5.59. The van der Waals surface area contributed by atoms with E-state index >= 15 is 0 Å². The molecule has 0 amide bonds. The number of fused-ring (bicyclic) bond motifs is 1. The Morgan fingerprint density at radius 2 is 2.43 bits per heavy atom. The van der Waals surface area contributed by atoms with E-state index in [-0.39, 0.29) is 0 Å². The normalized spacial score (nSPS) is 41.9. The Morgan fingerprint density at radius 3 is 3.07 bits per heavy atom. The first-order valence-corrected chi connectivity index (χ1v) is 5.39. The van der Waals surface area contributed by atoms with Crippen LogP contribution in [0.2, 0.25) is 0 Å². The first-order chi connectivity index (χ1) is 6.87. The van der Waals surface area contributed by atoms with Crippen molar-refractivity contribution in [1.82, 2.24) is 0 Å². The van der Waals surface area contributed by atoms with Crippen molar-refractivity contribution in [2.24, 2.45) is 17.3 Å². The Hall–Kier alpha value is -0.760. The van der Waals surface area contributed by atoms with Crippen molar-refractivity contribution >= 4 is 0 Å². The van der Waals surface area contributed by atoms with E-state index in [1.807, 2.05) is 0 Å². The molecule has 3 atom stereocenters. The highest BCUT2D eigenvalue weighted by atomic mass is 16.5. The minimum Gasteiger partial charge on any atom is -0.492 e. The fourth-order valence-corrected chi connectivity index (χ4v) is 2.96. The lowest BCUT2D eigenvalue weighted by atomic mass is 9.83. The second kappa shape index (κ2) is 2.86. The van der Waals surface area contributed by atoms with Crippen LogP contribution in [-0.4, -0.2) is 20.3 Å². The third-order valence-corrected chi connectivity index (χ3v) is 3.98. The molecule has 3 aliphatic carbocycles. The van der Waals surface area contributed by atoms with Crippen molar-refractivity contribution in [3.05, 3.63) is 24.0 Å². The highest BCUT2D eigenvalue weighted by Crippen LogP contribution is 2.74. The summed E-state index contributed by atoms with van der Waals surface area (Å²) >= 11 is 0. The molecule has 0 N–H and O–H groups in total. The van der Waals surface area contributed by atoms with Crippen LogP contribution in [0.5, 0.6) is 0 Å². The van der Waals surface area contributed by atoms with Crippen molar-refractivity contribution in [2.45, 2.75) is 12.8 Å². The first-order valence-electron chi connectivity index (χ1n) is 5.39. The molecule has 0 aromatic heterocycles. The fourth-order valence-electron chi connectivity index (χ4n) is 2.96. The van der Waals surface area contributed by atoms with Gasteiger partial charge in [0.05, 0.1) is 6.61 Å². The SMILES string of the molecule is COCCOC1=CC2C3CCC23C=C1. The van der Waals surface area contributed by atoms with E-state index in [0.717, 1.165) is 17.6 Å². The molecule has 0 bridgehead atoms. The highest BCUT2D eigenvalue weighted by Gasteiger charge is 2.68. The van der Waals surface area contributed by atoms with Crippen molar-refractivity contribution in [3.63, 3.8) is 0 Å². The Morgan fingerprint density at radius 1 is 1.50 bits per heavy atom. The van der Waals surface area contributed by atoms with Gasteiger partial charge in [0, 0.05) is 7.11 Å². The zero-order chi connectivity index (χ0) is 9.60. The molecule has 76 valence electrons. The summed E-state index contributed by atoms with van der Waals surface area (Å²) in [7, 11) is 1.70. The van der Waals surface area contributed by atoms with Crippen LogP contribution < -0.4 is 0 Å². The van der Waals surface area contributed by atoms with Gasteiger partial charge in [-0.05, 0) is 42.2 Å². The molecule has 0 aromatic carbocycles. The summed E-state index contributed by atoms with van der Waals surface area (Å²) in [5.41, 5.74) is 0.591. The predicted molar refractivity (Wildman–Crippen MR) is 53.7 cm³/mol. The molecule has 1 spiro atoms. The standard InChI is InChI=1S/C12H16O2/c1-13-6-7-14-9-2-4-12-5-3-10(12)11(12)8-9/h2,4,8,10-11H,3,5-7H2,1H3. The van der Waals surface area contributed by atoms with E-state index in [4.69, 9.17) is 9.47 Å². The molecule has 2 fully saturated rings. The van der Waals surface area contributed by atoms with Gasteiger partial charge in [-0.15, -0.1) is 0 Å². The largest absolute Gasteiger partial charge is 0.492 e. The Balaban J connectivity index is 1.59. The second-order valence-electron chi connectivity index (χ2n) is 4.53. The maximum absolute atomic E-state index is 5.59. The molecule has 14 heavy (non-hydrogen) atoms. The number of methoxy groups -OCH3 is 1. The van der Waals surface area contributed by atoms with E-state index in [9.17, 15) is 0 Å². The summed E-state index contributed by atoms with van der Waals surface area (Å²) in [6.45, 7) is 1.33. The molecule has 0 saturated heterocycles. The summed E-state index contributed by atoms with van der Waals surface area (Å²) in [5.74, 6) is 2.79. The monoisotopic (exact) mass is 192 g/mol. The van der Waals surface area contributed by atoms with Gasteiger partial charge >= 0.3 is 0 Å². The molecule has 2 nitrogen and oxygen atoms in total. The Labute approximate surface area is 84.6 Å². The second-order valence-corrected chi connectivity index (χ2v) is 4.53.